The highest BCUT2D eigenvalue weighted by Crippen LogP contribution is 2.62. The lowest BCUT2D eigenvalue weighted by Gasteiger charge is -2.40. The Bertz CT molecular complexity index is 7660. The molecule has 0 fully saturated rings. The van der Waals surface area contributed by atoms with Crippen LogP contribution in [-0.2, 0) is 96.3 Å². The van der Waals surface area contributed by atoms with Crippen LogP contribution in [0.2, 0.25) is 0 Å². The van der Waals surface area contributed by atoms with Crippen molar-refractivity contribution in [2.75, 3.05) is 24.5 Å². The fraction of sp³-hybridized carbons (Fsp3) is 0.120. The van der Waals surface area contributed by atoms with Gasteiger partial charge < -0.3 is 19.6 Å². The zero-order valence-electron chi connectivity index (χ0n) is 76.6. The van der Waals surface area contributed by atoms with Gasteiger partial charge in [0.1, 0.15) is 5.82 Å². The van der Waals surface area contributed by atoms with Crippen LogP contribution in [0.15, 0.2) is 336 Å². The van der Waals surface area contributed by atoms with E-state index in [0.29, 0.717) is 0 Å². The summed E-state index contributed by atoms with van der Waals surface area (Å²) in [4.78, 5) is 57.6. The lowest BCUT2D eigenvalue weighted by molar-refractivity contribution is 0.936. The zero-order chi connectivity index (χ0) is 91.2. The van der Waals surface area contributed by atoms with Crippen molar-refractivity contribution in [3.8, 4) is 55.6 Å². The molecular weight excluding hydrogens is 1710 g/mol. The van der Waals surface area contributed by atoms with Gasteiger partial charge in [0.15, 0.2) is 0 Å². The molecule has 15 heteroatoms. The first kappa shape index (κ1) is 77.9. The second-order valence-electron chi connectivity index (χ2n) is 39.5. The van der Waals surface area contributed by atoms with Crippen LogP contribution in [0.25, 0.3) is 55.6 Å². The highest BCUT2D eigenvalue weighted by atomic mass is 15.2. The normalized spacial score (nSPS) is 14.6. The summed E-state index contributed by atoms with van der Waals surface area (Å²) in [6, 6.07) is 86.3. The molecule has 35 rings (SSSR count). The Morgan fingerprint density at radius 1 is 0.150 bits per heavy atom. The highest BCUT2D eigenvalue weighted by Gasteiger charge is 2.44. The Balaban J connectivity index is 0.0000000806. The van der Waals surface area contributed by atoms with E-state index in [1.807, 2.05) is 117 Å². The van der Waals surface area contributed by atoms with Crippen LogP contribution in [0, 0.1) is 0 Å². The van der Waals surface area contributed by atoms with Gasteiger partial charge in [-0.05, 0) is 347 Å². The van der Waals surface area contributed by atoms with Crippen LogP contribution in [0.3, 0.4) is 0 Å². The third-order valence-corrected chi connectivity index (χ3v) is 32.3. The predicted octanol–water partition coefficient (Wildman–Crippen LogP) is 26.6. The molecule has 10 aliphatic heterocycles. The summed E-state index contributed by atoms with van der Waals surface area (Å²) in [5.41, 5.74) is 73.5. The maximum absolute atomic E-state index is 4.78. The topological polar surface area (TPSA) is 145 Å². The smallest absolute Gasteiger partial charge is 0.141 e. The van der Waals surface area contributed by atoms with E-state index < -0.39 is 0 Å². The fourth-order valence-electron chi connectivity index (χ4n) is 26.4. The molecule has 15 aliphatic rings. The molecule has 0 N–H and O–H groups in total. The summed E-state index contributed by atoms with van der Waals surface area (Å²) < 4.78 is 0. The van der Waals surface area contributed by atoms with Gasteiger partial charge in [0, 0.05) is 151 Å². The minimum Gasteiger partial charge on any atom is -0.309 e. The molecule has 660 valence electrons. The Morgan fingerprint density at radius 3 is 0.807 bits per heavy atom. The molecule has 10 aromatic heterocycles. The molecule has 140 heavy (non-hydrogen) atoms. The lowest BCUT2D eigenvalue weighted by Crippen LogP contribution is -2.26. The Hall–Kier alpha value is -17.3. The SMILES string of the molecule is c1ccc2c(c1)Cc1c-2cc2c3c1Cc1cccnc1N3c1ccncc1C2.c1ccc2c(c1)Cc1c-2cc2c3c1Cc1ccncc1N3c1ccncc1C2.c1ccc2c(c1)Cc1c-2cc2c3c1Cc1cnccc1N3c1ccncc1C2.c1ccc2c(c1)Cc1c-2cc2c3c1Cc1ncccc1N3c1cccnc1C2.c1ccc2c(c1)Cc1c-2cc2c3c1Cc1ncccc1N3c1cnccc1C2. The molecule has 0 bridgehead atoms. The quantitative estimate of drug-likeness (QED) is 0.142. The van der Waals surface area contributed by atoms with Gasteiger partial charge in [-0.2, -0.15) is 0 Å². The molecular formula is C125H85N15. The van der Waals surface area contributed by atoms with E-state index in [1.165, 1.54) is 285 Å². The van der Waals surface area contributed by atoms with Crippen molar-refractivity contribution in [3.63, 3.8) is 0 Å². The molecule has 0 amide bonds. The third kappa shape index (κ3) is 11.5. The van der Waals surface area contributed by atoms with E-state index >= 15 is 0 Å². The monoisotopic (exact) mass is 1800 g/mol. The first-order valence-corrected chi connectivity index (χ1v) is 49.0. The number of pyridine rings is 10. The molecule has 10 aromatic carbocycles. The van der Waals surface area contributed by atoms with Crippen molar-refractivity contribution in [1.82, 2.24) is 49.8 Å². The van der Waals surface area contributed by atoms with Crippen LogP contribution >= 0.6 is 0 Å². The van der Waals surface area contributed by atoms with Crippen LogP contribution in [0.1, 0.15) is 167 Å². The largest absolute Gasteiger partial charge is 0.309 e. The number of nitrogens with zero attached hydrogens (tertiary/aromatic N) is 15. The summed E-state index contributed by atoms with van der Waals surface area (Å²) in [7, 11) is 0. The zero-order valence-corrected chi connectivity index (χ0v) is 76.6. The van der Waals surface area contributed by atoms with Crippen molar-refractivity contribution in [2.45, 2.75) is 96.3 Å². The van der Waals surface area contributed by atoms with E-state index in [4.69, 9.17) is 19.9 Å². The number of hydrogen-bond acceptors (Lipinski definition) is 15. The van der Waals surface area contributed by atoms with Crippen LogP contribution < -0.4 is 24.5 Å². The van der Waals surface area contributed by atoms with Crippen LogP contribution in [0.4, 0.5) is 85.4 Å². The summed E-state index contributed by atoms with van der Waals surface area (Å²) >= 11 is 0. The summed E-state index contributed by atoms with van der Waals surface area (Å²) in [6.07, 6.45) is 45.7. The number of hydrogen-bond donors (Lipinski definition) is 0. The second kappa shape index (κ2) is 30.1. The number of anilines is 15. The Labute approximate surface area is 809 Å². The average Bonchev–Trinajstić information content (AvgIpc) is 1.41. The minimum atomic E-state index is 0.889. The third-order valence-electron chi connectivity index (χ3n) is 32.3. The second-order valence-corrected chi connectivity index (χ2v) is 39.5. The van der Waals surface area contributed by atoms with Crippen molar-refractivity contribution in [2.24, 2.45) is 0 Å². The summed E-state index contributed by atoms with van der Waals surface area (Å²) in [6.45, 7) is 0. The average molecular weight is 1800 g/mol. The van der Waals surface area contributed by atoms with Gasteiger partial charge >= 0.3 is 0 Å². The van der Waals surface area contributed by atoms with Crippen LogP contribution in [0.5, 0.6) is 0 Å². The van der Waals surface area contributed by atoms with Crippen LogP contribution in [-0.4, -0.2) is 49.8 Å². The molecule has 15 nitrogen and oxygen atoms in total. The van der Waals surface area contributed by atoms with Gasteiger partial charge in [0.2, 0.25) is 0 Å². The van der Waals surface area contributed by atoms with E-state index in [-0.39, 0.29) is 0 Å². The number of aromatic nitrogens is 10. The molecule has 20 heterocycles. The van der Waals surface area contributed by atoms with E-state index in [0.717, 1.165) is 119 Å². The Morgan fingerprint density at radius 2 is 0.407 bits per heavy atom. The lowest BCUT2D eigenvalue weighted by atomic mass is 9.83. The molecule has 0 spiro atoms. The number of fused-ring (bicyclic) bond motifs is 40. The van der Waals surface area contributed by atoms with E-state index in [2.05, 4.69) is 273 Å². The maximum Gasteiger partial charge on any atom is 0.141 e. The first-order valence-electron chi connectivity index (χ1n) is 49.0. The van der Waals surface area contributed by atoms with Gasteiger partial charge in [-0.15, -0.1) is 0 Å². The van der Waals surface area contributed by atoms with Crippen molar-refractivity contribution in [3.05, 3.63) is 503 Å². The molecule has 0 saturated heterocycles. The minimum absolute atomic E-state index is 0.889. The number of rotatable bonds is 0. The van der Waals surface area contributed by atoms with Gasteiger partial charge in [-0.3, -0.25) is 49.8 Å². The maximum atomic E-state index is 4.78. The van der Waals surface area contributed by atoms with Gasteiger partial charge in [-0.25, -0.2) is 4.98 Å². The molecule has 0 saturated carbocycles. The van der Waals surface area contributed by atoms with Gasteiger partial charge in [0.25, 0.3) is 0 Å². The molecule has 0 radical (unpaired) electrons. The fourth-order valence-corrected chi connectivity index (χ4v) is 26.4. The Kier molecular flexibility index (Phi) is 16.8. The van der Waals surface area contributed by atoms with Crippen molar-refractivity contribution in [1.29, 1.82) is 0 Å². The van der Waals surface area contributed by atoms with Gasteiger partial charge in [0.05, 0.1) is 109 Å². The predicted molar refractivity (Wildman–Crippen MR) is 553 cm³/mol. The first-order chi connectivity index (χ1) is 69.4. The van der Waals surface area contributed by atoms with Gasteiger partial charge in [-0.1, -0.05) is 127 Å². The highest BCUT2D eigenvalue weighted by molar-refractivity contribution is 6.01. The molecule has 0 unspecified atom stereocenters. The molecule has 0 atom stereocenters. The molecule has 5 aliphatic carbocycles. The number of benzene rings is 10. The van der Waals surface area contributed by atoms with E-state index in [9.17, 15) is 0 Å². The standard InChI is InChI=1S/5C25H17N3/c1-2-6-17-15(5-1)11-19-18(17)12-16-13-21-23(7-3-9-26-21)28-24-8-4-10-27-22(24)14-20(19)25(16)28;1-2-6-19-15(4-1)11-21-20(19)13-17-10-18-14-26-9-7-23(18)28-24(17)22(21)12-16-5-3-8-27-25(16)28;1-2-5-18-15(4-1)11-20-19(18)12-17-10-16-7-9-26-14-24(16)28-23-6-3-8-27-22(23)13-21(20)25(17)28;1-2-4-19-15(3-1)10-21-20(19)11-16-9-17-13-26-7-5-23(17)28-24-6-8-27-14-18(24)12-22(21)25(16)28;1-2-4-19-15(3-1)10-21-20(19)12-17-9-18-13-26-8-6-23(18)28-24-14-27-7-5-16(24)11-22(21)25(17)28/h1-10,12H,11,13-14H2;1-9,13-14H,10-12H2;1-9,12,14H,10-11,13H2;1-8,11,13-14H,9-10,12H2;1-8,12-14H,9-11H2. The van der Waals surface area contributed by atoms with E-state index in [1.54, 1.807) is 0 Å². The molecule has 20 aromatic rings. The summed E-state index contributed by atoms with van der Waals surface area (Å²) in [5, 5.41) is 0. The van der Waals surface area contributed by atoms with Crippen molar-refractivity contribution >= 4 is 85.4 Å². The summed E-state index contributed by atoms with van der Waals surface area (Å²) in [5.74, 6) is 1.07. The van der Waals surface area contributed by atoms with Crippen molar-refractivity contribution < 1.29 is 0 Å².